The van der Waals surface area contributed by atoms with Crippen LogP contribution in [0.4, 0.5) is 4.39 Å². The summed E-state index contributed by atoms with van der Waals surface area (Å²) in [7, 11) is 0. The van der Waals surface area contributed by atoms with Crippen molar-refractivity contribution in [2.24, 2.45) is 5.92 Å². The molecule has 0 aliphatic carbocycles. The highest BCUT2D eigenvalue weighted by Crippen LogP contribution is 2.16. The molecule has 0 aromatic heterocycles. The molecule has 0 amide bonds. The smallest absolute Gasteiger partial charge is 0.0973 e. The molecule has 1 unspecified atom stereocenters. The Labute approximate surface area is 63.8 Å². The average Bonchev–Trinajstić information content (AvgIpc) is 1.90. The maximum atomic E-state index is 12.3. The van der Waals surface area contributed by atoms with Crippen LogP contribution in [0.5, 0.6) is 0 Å². The zero-order valence-corrected chi connectivity index (χ0v) is 7.36. The van der Waals surface area contributed by atoms with Crippen molar-refractivity contribution in [3.05, 3.63) is 0 Å². The van der Waals surface area contributed by atoms with Gasteiger partial charge in [0.25, 0.3) is 0 Å². The molecule has 1 heteroatoms. The fourth-order valence-electron chi connectivity index (χ4n) is 1.16. The molecule has 10 heavy (non-hydrogen) atoms. The van der Waals surface area contributed by atoms with Crippen molar-refractivity contribution >= 4 is 0 Å². The van der Waals surface area contributed by atoms with E-state index in [0.29, 0.717) is 0 Å². The third-order valence-corrected chi connectivity index (χ3v) is 2.13. The van der Waals surface area contributed by atoms with Crippen molar-refractivity contribution in [3.63, 3.8) is 0 Å². The monoisotopic (exact) mass is 146 g/mol. The lowest BCUT2D eigenvalue weighted by Gasteiger charge is -2.11. The highest BCUT2D eigenvalue weighted by molar-refractivity contribution is 4.57. The molecule has 1 atom stereocenters. The van der Waals surface area contributed by atoms with E-state index in [1.807, 2.05) is 0 Å². The molecule has 0 radical (unpaired) electrons. The standard InChI is InChI=1S/C9H19F/c1-4-9(5-2)7-6-8(3)10/h8-9H,4-7H2,1-3H3. The first-order valence-electron chi connectivity index (χ1n) is 4.34. The van der Waals surface area contributed by atoms with Gasteiger partial charge in [-0.05, 0) is 25.7 Å². The van der Waals surface area contributed by atoms with Crippen LogP contribution in [-0.4, -0.2) is 6.17 Å². The van der Waals surface area contributed by atoms with Crippen LogP contribution in [0.2, 0.25) is 0 Å². The van der Waals surface area contributed by atoms with Crippen LogP contribution >= 0.6 is 0 Å². The van der Waals surface area contributed by atoms with Crippen molar-refractivity contribution < 1.29 is 4.39 Å². The van der Waals surface area contributed by atoms with Crippen LogP contribution in [0.3, 0.4) is 0 Å². The van der Waals surface area contributed by atoms with Crippen molar-refractivity contribution in [1.29, 1.82) is 0 Å². The Morgan fingerprint density at radius 3 is 1.90 bits per heavy atom. The van der Waals surface area contributed by atoms with Crippen molar-refractivity contribution in [2.45, 2.75) is 52.6 Å². The highest BCUT2D eigenvalue weighted by Gasteiger charge is 2.05. The SMILES string of the molecule is CCC(CC)CCC(C)F. The molecular formula is C9H19F. The highest BCUT2D eigenvalue weighted by atomic mass is 19.1. The van der Waals surface area contributed by atoms with Gasteiger partial charge in [0.05, 0.1) is 6.17 Å². The van der Waals surface area contributed by atoms with Crippen LogP contribution < -0.4 is 0 Å². The molecule has 0 spiro atoms. The maximum absolute atomic E-state index is 12.3. The summed E-state index contributed by atoms with van der Waals surface area (Å²) >= 11 is 0. The average molecular weight is 146 g/mol. The molecule has 0 saturated carbocycles. The third kappa shape index (κ3) is 4.78. The summed E-state index contributed by atoms with van der Waals surface area (Å²) in [6.45, 7) is 6.00. The first-order chi connectivity index (χ1) is 4.70. The molecule has 0 saturated heterocycles. The van der Waals surface area contributed by atoms with Gasteiger partial charge in [-0.3, -0.25) is 0 Å². The summed E-state index contributed by atoms with van der Waals surface area (Å²) in [5, 5.41) is 0. The lowest BCUT2D eigenvalue weighted by Crippen LogP contribution is -2.01. The molecular weight excluding hydrogens is 127 g/mol. The molecule has 0 aromatic carbocycles. The number of hydrogen-bond donors (Lipinski definition) is 0. The van der Waals surface area contributed by atoms with E-state index in [-0.39, 0.29) is 0 Å². The van der Waals surface area contributed by atoms with Gasteiger partial charge in [0, 0.05) is 0 Å². The zero-order chi connectivity index (χ0) is 7.98. The van der Waals surface area contributed by atoms with E-state index in [0.717, 1.165) is 18.8 Å². The second kappa shape index (κ2) is 5.70. The van der Waals surface area contributed by atoms with Crippen molar-refractivity contribution in [2.75, 3.05) is 0 Å². The van der Waals surface area contributed by atoms with E-state index < -0.39 is 6.17 Å². The minimum Gasteiger partial charge on any atom is -0.248 e. The molecule has 0 fully saturated rings. The fraction of sp³-hybridized carbons (Fsp3) is 1.00. The normalized spacial score (nSPS) is 14.1. The summed E-state index contributed by atoms with van der Waals surface area (Å²) in [4.78, 5) is 0. The van der Waals surface area contributed by atoms with E-state index in [2.05, 4.69) is 13.8 Å². The van der Waals surface area contributed by atoms with Crippen LogP contribution in [-0.2, 0) is 0 Å². The molecule has 62 valence electrons. The van der Waals surface area contributed by atoms with Gasteiger partial charge >= 0.3 is 0 Å². The number of halogens is 1. The van der Waals surface area contributed by atoms with Gasteiger partial charge in [-0.15, -0.1) is 0 Å². The molecule has 0 N–H and O–H groups in total. The quantitative estimate of drug-likeness (QED) is 0.556. The molecule has 0 heterocycles. The second-order valence-electron chi connectivity index (χ2n) is 3.04. The summed E-state index contributed by atoms with van der Waals surface area (Å²) in [5.41, 5.74) is 0. The molecule has 0 aliphatic heterocycles. The van der Waals surface area contributed by atoms with E-state index in [1.165, 1.54) is 12.8 Å². The topological polar surface area (TPSA) is 0 Å². The molecule has 0 aromatic rings. The molecule has 0 rings (SSSR count). The van der Waals surface area contributed by atoms with Crippen LogP contribution in [0.25, 0.3) is 0 Å². The van der Waals surface area contributed by atoms with E-state index >= 15 is 0 Å². The van der Waals surface area contributed by atoms with Gasteiger partial charge < -0.3 is 0 Å². The second-order valence-corrected chi connectivity index (χ2v) is 3.04. The van der Waals surface area contributed by atoms with Crippen LogP contribution in [0, 0.1) is 5.92 Å². The first kappa shape index (κ1) is 9.93. The fourth-order valence-corrected chi connectivity index (χ4v) is 1.16. The summed E-state index contributed by atoms with van der Waals surface area (Å²) in [6, 6.07) is 0. The summed E-state index contributed by atoms with van der Waals surface area (Å²) < 4.78 is 12.3. The lowest BCUT2D eigenvalue weighted by atomic mass is 9.97. The predicted octanol–water partition coefficient (Wildman–Crippen LogP) is 3.56. The van der Waals surface area contributed by atoms with E-state index in [1.54, 1.807) is 6.92 Å². The van der Waals surface area contributed by atoms with Gasteiger partial charge in [0.2, 0.25) is 0 Å². The maximum Gasteiger partial charge on any atom is 0.0973 e. The third-order valence-electron chi connectivity index (χ3n) is 2.13. The Morgan fingerprint density at radius 2 is 1.60 bits per heavy atom. The van der Waals surface area contributed by atoms with Gasteiger partial charge in [-0.2, -0.15) is 0 Å². The van der Waals surface area contributed by atoms with E-state index in [9.17, 15) is 4.39 Å². The number of alkyl halides is 1. The Kier molecular flexibility index (Phi) is 5.66. The van der Waals surface area contributed by atoms with Crippen molar-refractivity contribution in [1.82, 2.24) is 0 Å². The minimum absolute atomic E-state index is 0.611. The Balaban J connectivity index is 3.26. The molecule has 0 bridgehead atoms. The van der Waals surface area contributed by atoms with Crippen LogP contribution in [0.1, 0.15) is 46.5 Å². The molecule has 0 nitrogen and oxygen atoms in total. The Hall–Kier alpha value is -0.0700. The van der Waals surface area contributed by atoms with Gasteiger partial charge in [0.15, 0.2) is 0 Å². The summed E-state index contributed by atoms with van der Waals surface area (Å²) in [5.74, 6) is 0.748. The van der Waals surface area contributed by atoms with E-state index in [4.69, 9.17) is 0 Å². The number of rotatable bonds is 5. The summed E-state index contributed by atoms with van der Waals surface area (Å²) in [6.07, 6.45) is 3.59. The van der Waals surface area contributed by atoms with Gasteiger partial charge in [0.1, 0.15) is 0 Å². The lowest BCUT2D eigenvalue weighted by molar-refractivity contribution is 0.303. The Morgan fingerprint density at radius 1 is 1.10 bits per heavy atom. The van der Waals surface area contributed by atoms with Crippen molar-refractivity contribution in [3.8, 4) is 0 Å². The molecule has 0 aliphatic rings. The van der Waals surface area contributed by atoms with Crippen LogP contribution in [0.15, 0.2) is 0 Å². The minimum atomic E-state index is -0.611. The first-order valence-corrected chi connectivity index (χ1v) is 4.34. The largest absolute Gasteiger partial charge is 0.248 e. The Bertz CT molecular complexity index is 65.1. The van der Waals surface area contributed by atoms with Gasteiger partial charge in [-0.25, -0.2) is 4.39 Å². The number of hydrogen-bond acceptors (Lipinski definition) is 0. The van der Waals surface area contributed by atoms with Gasteiger partial charge in [-0.1, -0.05) is 26.7 Å². The predicted molar refractivity (Wildman–Crippen MR) is 43.9 cm³/mol. The zero-order valence-electron chi connectivity index (χ0n) is 7.36.